The molecule has 0 aliphatic rings. The molecule has 0 rings (SSSR count). The number of rotatable bonds is 30. The van der Waals surface area contributed by atoms with Crippen molar-refractivity contribution in [2.75, 3.05) is 53.6 Å². The van der Waals surface area contributed by atoms with Crippen LogP contribution in [-0.2, 0) is 9.47 Å². The molecule has 0 radical (unpaired) electrons. The smallest absolute Gasteiger partial charge is 0.130 e. The molecule has 0 aliphatic carbocycles. The Labute approximate surface area is 228 Å². The predicted molar refractivity (Wildman–Crippen MR) is 160 cm³/mol. The number of hydrogen-bond acceptors (Lipinski definition) is 3. The highest BCUT2D eigenvalue weighted by atomic mass is 16.5. The van der Waals surface area contributed by atoms with Crippen molar-refractivity contribution in [1.82, 2.24) is 0 Å². The number of unbranched alkanes of at least 4 members (excludes halogenated alkanes) is 18. The zero-order valence-electron chi connectivity index (χ0n) is 25.5. The summed E-state index contributed by atoms with van der Waals surface area (Å²) in [6, 6.07) is 0. The zero-order valence-corrected chi connectivity index (χ0v) is 25.5. The summed E-state index contributed by atoms with van der Waals surface area (Å²) >= 11 is 0. The summed E-state index contributed by atoms with van der Waals surface area (Å²) in [5.74, 6) is 0. The largest absolute Gasteiger partial charge is 0.379 e. The number of quaternary nitrogens is 1. The molecule has 4 nitrogen and oxygen atoms in total. The maximum Gasteiger partial charge on any atom is 0.130 e. The third-order valence-electron chi connectivity index (χ3n) is 7.46. The van der Waals surface area contributed by atoms with E-state index in [1.165, 1.54) is 128 Å². The minimum atomic E-state index is 0.194. The minimum Gasteiger partial charge on any atom is -0.379 e. The molecule has 0 aliphatic heterocycles. The standard InChI is InChI=1S/C32H69N2O2/c1-5-7-9-11-13-15-17-19-21-23-28-35-31-32(30-34(3,4)27-25-26-33)36-29-24-22-20-18-16-14-12-10-8-6-2/h32H,5-31,33H2,1-4H3/q+1. The molecule has 0 bridgehead atoms. The molecule has 36 heavy (non-hydrogen) atoms. The van der Waals surface area contributed by atoms with Crippen LogP contribution in [0.2, 0.25) is 0 Å². The Morgan fingerprint density at radius 2 is 0.972 bits per heavy atom. The van der Waals surface area contributed by atoms with Crippen molar-refractivity contribution in [3.8, 4) is 0 Å². The lowest BCUT2D eigenvalue weighted by atomic mass is 10.1. The first kappa shape index (κ1) is 35.8. The number of hydrogen-bond donors (Lipinski definition) is 1. The van der Waals surface area contributed by atoms with Gasteiger partial charge < -0.3 is 19.7 Å². The lowest BCUT2D eigenvalue weighted by Crippen LogP contribution is -2.48. The Morgan fingerprint density at radius 1 is 0.556 bits per heavy atom. The molecule has 0 saturated heterocycles. The van der Waals surface area contributed by atoms with Crippen LogP contribution in [0.5, 0.6) is 0 Å². The maximum atomic E-state index is 6.36. The molecule has 0 heterocycles. The first-order valence-corrected chi connectivity index (χ1v) is 16.3. The number of ether oxygens (including phenoxy) is 2. The number of likely N-dealkylation sites (N-methyl/N-ethyl adjacent to an activating group) is 1. The topological polar surface area (TPSA) is 44.5 Å². The summed E-state index contributed by atoms with van der Waals surface area (Å²) in [5.41, 5.74) is 5.76. The number of nitrogens with zero attached hydrogens (tertiary/aromatic N) is 1. The van der Waals surface area contributed by atoms with Crippen LogP contribution in [0, 0.1) is 0 Å². The van der Waals surface area contributed by atoms with E-state index < -0.39 is 0 Å². The molecule has 0 spiro atoms. The van der Waals surface area contributed by atoms with Crippen LogP contribution in [-0.4, -0.2) is 64.1 Å². The van der Waals surface area contributed by atoms with Crippen molar-refractivity contribution in [3.05, 3.63) is 0 Å². The van der Waals surface area contributed by atoms with Gasteiger partial charge in [0.2, 0.25) is 0 Å². The van der Waals surface area contributed by atoms with Gasteiger partial charge in [0.05, 0.1) is 27.2 Å². The summed E-state index contributed by atoms with van der Waals surface area (Å²) in [5, 5.41) is 0. The second kappa shape index (κ2) is 27.9. The summed E-state index contributed by atoms with van der Waals surface area (Å²) in [6.07, 6.45) is 28.6. The van der Waals surface area contributed by atoms with Crippen molar-refractivity contribution in [2.45, 2.75) is 155 Å². The fourth-order valence-corrected chi connectivity index (χ4v) is 5.06. The van der Waals surface area contributed by atoms with Crippen LogP contribution in [0.3, 0.4) is 0 Å². The SMILES string of the molecule is CCCCCCCCCCCCOCC(C[N+](C)(C)CCCN)OCCCCCCCCCCCC. The molecule has 0 saturated carbocycles. The van der Waals surface area contributed by atoms with E-state index in [0.29, 0.717) is 0 Å². The molecule has 218 valence electrons. The summed E-state index contributed by atoms with van der Waals surface area (Å²) in [4.78, 5) is 0. The third kappa shape index (κ3) is 26.9. The second-order valence-electron chi connectivity index (χ2n) is 11.9. The quantitative estimate of drug-likeness (QED) is 0.0772. The van der Waals surface area contributed by atoms with Gasteiger partial charge in [-0.3, -0.25) is 0 Å². The highest BCUT2D eigenvalue weighted by Gasteiger charge is 2.22. The molecule has 2 N–H and O–H groups in total. The van der Waals surface area contributed by atoms with E-state index in [9.17, 15) is 0 Å². The average Bonchev–Trinajstić information content (AvgIpc) is 2.86. The normalized spacial score (nSPS) is 12.9. The Hall–Kier alpha value is -0.160. The van der Waals surface area contributed by atoms with E-state index in [1.54, 1.807) is 0 Å². The Balaban J connectivity index is 3.95. The monoisotopic (exact) mass is 514 g/mol. The molecule has 4 heteroatoms. The van der Waals surface area contributed by atoms with Gasteiger partial charge in [-0.25, -0.2) is 0 Å². The third-order valence-corrected chi connectivity index (χ3v) is 7.46. The fourth-order valence-electron chi connectivity index (χ4n) is 5.06. The van der Waals surface area contributed by atoms with Crippen molar-refractivity contribution in [3.63, 3.8) is 0 Å². The van der Waals surface area contributed by atoms with Crippen molar-refractivity contribution in [2.24, 2.45) is 5.73 Å². The van der Waals surface area contributed by atoms with Gasteiger partial charge in [0.25, 0.3) is 0 Å². The van der Waals surface area contributed by atoms with E-state index in [2.05, 4.69) is 27.9 Å². The van der Waals surface area contributed by atoms with Gasteiger partial charge in [-0.05, 0) is 19.4 Å². The molecule has 1 atom stereocenters. The summed E-state index contributed by atoms with van der Waals surface area (Å²) < 4.78 is 13.4. The van der Waals surface area contributed by atoms with E-state index in [0.717, 1.165) is 50.4 Å². The summed E-state index contributed by atoms with van der Waals surface area (Å²) in [7, 11) is 4.60. The summed E-state index contributed by atoms with van der Waals surface area (Å²) in [6.45, 7) is 9.95. The van der Waals surface area contributed by atoms with E-state index in [-0.39, 0.29) is 6.10 Å². The van der Waals surface area contributed by atoms with Gasteiger partial charge in [0.1, 0.15) is 12.6 Å². The van der Waals surface area contributed by atoms with Crippen LogP contribution in [0.15, 0.2) is 0 Å². The molecular formula is C32H69N2O2+. The molecule has 0 aromatic carbocycles. The Bertz CT molecular complexity index is 417. The van der Waals surface area contributed by atoms with E-state index in [1.807, 2.05) is 0 Å². The van der Waals surface area contributed by atoms with Crippen molar-refractivity contribution >= 4 is 0 Å². The van der Waals surface area contributed by atoms with E-state index >= 15 is 0 Å². The van der Waals surface area contributed by atoms with Gasteiger partial charge in [0, 0.05) is 19.6 Å². The lowest BCUT2D eigenvalue weighted by molar-refractivity contribution is -0.893. The Morgan fingerprint density at radius 3 is 1.42 bits per heavy atom. The van der Waals surface area contributed by atoms with Crippen LogP contribution in [0.4, 0.5) is 0 Å². The first-order valence-electron chi connectivity index (χ1n) is 16.3. The maximum absolute atomic E-state index is 6.36. The van der Waals surface area contributed by atoms with Crippen LogP contribution in [0.1, 0.15) is 149 Å². The van der Waals surface area contributed by atoms with Gasteiger partial charge >= 0.3 is 0 Å². The molecule has 0 amide bonds. The molecule has 0 fully saturated rings. The van der Waals surface area contributed by atoms with Crippen molar-refractivity contribution < 1.29 is 14.0 Å². The number of nitrogens with two attached hydrogens (primary N) is 1. The van der Waals surface area contributed by atoms with Crippen LogP contribution < -0.4 is 5.73 Å². The van der Waals surface area contributed by atoms with Gasteiger partial charge in [-0.1, -0.05) is 129 Å². The molecular weight excluding hydrogens is 444 g/mol. The lowest BCUT2D eigenvalue weighted by Gasteiger charge is -2.33. The zero-order chi connectivity index (χ0) is 26.6. The van der Waals surface area contributed by atoms with Crippen LogP contribution >= 0.6 is 0 Å². The minimum absolute atomic E-state index is 0.194. The van der Waals surface area contributed by atoms with Gasteiger partial charge in [-0.15, -0.1) is 0 Å². The highest BCUT2D eigenvalue weighted by Crippen LogP contribution is 2.13. The predicted octanol–water partition coefficient (Wildman–Crippen LogP) is 8.66. The Kier molecular flexibility index (Phi) is 27.7. The molecule has 0 aromatic rings. The van der Waals surface area contributed by atoms with Crippen molar-refractivity contribution in [1.29, 1.82) is 0 Å². The fraction of sp³-hybridized carbons (Fsp3) is 1.00. The first-order chi connectivity index (χ1) is 17.6. The second-order valence-corrected chi connectivity index (χ2v) is 11.9. The van der Waals surface area contributed by atoms with Gasteiger partial charge in [-0.2, -0.15) is 0 Å². The van der Waals surface area contributed by atoms with Crippen LogP contribution in [0.25, 0.3) is 0 Å². The van der Waals surface area contributed by atoms with E-state index in [4.69, 9.17) is 15.2 Å². The average molecular weight is 514 g/mol. The molecule has 0 aromatic heterocycles. The molecule has 1 unspecified atom stereocenters. The van der Waals surface area contributed by atoms with Gasteiger partial charge in [0.15, 0.2) is 0 Å². The highest BCUT2D eigenvalue weighted by molar-refractivity contribution is 4.58.